The lowest BCUT2D eigenvalue weighted by atomic mass is 9.98. The Bertz CT molecular complexity index is 791. The van der Waals surface area contributed by atoms with Crippen molar-refractivity contribution in [3.63, 3.8) is 0 Å². The molecule has 5 nitrogen and oxygen atoms in total. The highest BCUT2D eigenvalue weighted by Crippen LogP contribution is 2.31. The largest absolute Gasteiger partial charge is 0.474 e. The SMILES string of the molecule is O=C(Cc1ccccn1)NCc1ccc(C(F)(F)F)nc1OC1CCCCC1. The van der Waals surface area contributed by atoms with E-state index in [1.165, 1.54) is 6.07 Å². The molecular weight excluding hydrogens is 371 g/mol. The Kier molecular flexibility index (Phi) is 6.49. The van der Waals surface area contributed by atoms with Crippen LogP contribution in [0.5, 0.6) is 5.88 Å². The first-order valence-electron chi connectivity index (χ1n) is 9.32. The molecule has 3 rings (SSSR count). The number of nitrogens with zero attached hydrogens (tertiary/aromatic N) is 2. The molecule has 0 atom stereocenters. The number of amides is 1. The van der Waals surface area contributed by atoms with Gasteiger partial charge in [-0.1, -0.05) is 12.5 Å². The molecule has 1 saturated carbocycles. The first-order valence-corrected chi connectivity index (χ1v) is 9.32. The molecule has 150 valence electrons. The minimum atomic E-state index is -4.55. The van der Waals surface area contributed by atoms with E-state index >= 15 is 0 Å². The summed E-state index contributed by atoms with van der Waals surface area (Å²) in [6.45, 7) is 0.0405. The van der Waals surface area contributed by atoms with Crippen molar-refractivity contribution in [3.05, 3.63) is 53.5 Å². The lowest BCUT2D eigenvalue weighted by Gasteiger charge is -2.24. The highest BCUT2D eigenvalue weighted by Gasteiger charge is 2.33. The molecule has 0 unspecified atom stereocenters. The van der Waals surface area contributed by atoms with Crippen LogP contribution in [0.3, 0.4) is 0 Å². The summed E-state index contributed by atoms with van der Waals surface area (Å²) in [5.74, 6) is -0.331. The molecule has 2 aromatic heterocycles. The van der Waals surface area contributed by atoms with Crippen LogP contribution in [0.4, 0.5) is 13.2 Å². The van der Waals surface area contributed by atoms with Crippen molar-refractivity contribution < 1.29 is 22.7 Å². The van der Waals surface area contributed by atoms with Gasteiger partial charge in [0.1, 0.15) is 11.8 Å². The van der Waals surface area contributed by atoms with Crippen LogP contribution in [-0.4, -0.2) is 22.0 Å². The lowest BCUT2D eigenvalue weighted by Crippen LogP contribution is -2.27. The van der Waals surface area contributed by atoms with Gasteiger partial charge in [0.15, 0.2) is 0 Å². The first kappa shape index (κ1) is 20.1. The van der Waals surface area contributed by atoms with Gasteiger partial charge in [0.25, 0.3) is 0 Å². The third-order valence-corrected chi connectivity index (χ3v) is 4.60. The number of nitrogens with one attached hydrogen (secondary N) is 1. The molecule has 0 aromatic carbocycles. The van der Waals surface area contributed by atoms with Crippen LogP contribution in [0, 0.1) is 0 Å². The quantitative estimate of drug-likeness (QED) is 0.804. The number of carbonyl (C=O) groups is 1. The van der Waals surface area contributed by atoms with Crippen LogP contribution in [-0.2, 0) is 23.9 Å². The number of hydrogen-bond acceptors (Lipinski definition) is 4. The van der Waals surface area contributed by atoms with Gasteiger partial charge in [-0.3, -0.25) is 9.78 Å². The summed E-state index contributed by atoms with van der Waals surface area (Å²) in [5.41, 5.74) is 0.0408. The Hall–Kier alpha value is -2.64. The number of alkyl halides is 3. The minimum Gasteiger partial charge on any atom is -0.474 e. The Morgan fingerprint density at radius 3 is 2.61 bits per heavy atom. The fourth-order valence-electron chi connectivity index (χ4n) is 3.13. The van der Waals surface area contributed by atoms with E-state index in [0.717, 1.165) is 38.2 Å². The molecule has 1 N–H and O–H groups in total. The molecule has 0 radical (unpaired) electrons. The average Bonchev–Trinajstić information content (AvgIpc) is 2.68. The number of carbonyl (C=O) groups excluding carboxylic acids is 1. The smallest absolute Gasteiger partial charge is 0.433 e. The lowest BCUT2D eigenvalue weighted by molar-refractivity contribution is -0.141. The molecule has 8 heteroatoms. The van der Waals surface area contributed by atoms with Crippen molar-refractivity contribution in [1.82, 2.24) is 15.3 Å². The van der Waals surface area contributed by atoms with Gasteiger partial charge in [0.2, 0.25) is 11.8 Å². The van der Waals surface area contributed by atoms with Crippen molar-refractivity contribution in [2.45, 2.75) is 57.3 Å². The van der Waals surface area contributed by atoms with Gasteiger partial charge in [-0.05, 0) is 49.9 Å². The van der Waals surface area contributed by atoms with E-state index in [1.54, 1.807) is 24.4 Å². The van der Waals surface area contributed by atoms with E-state index in [9.17, 15) is 18.0 Å². The fraction of sp³-hybridized carbons (Fsp3) is 0.450. The maximum absolute atomic E-state index is 13.0. The number of aromatic nitrogens is 2. The van der Waals surface area contributed by atoms with Gasteiger partial charge in [-0.15, -0.1) is 0 Å². The Morgan fingerprint density at radius 2 is 1.93 bits per heavy atom. The molecule has 0 bridgehead atoms. The molecular formula is C20H22F3N3O2. The van der Waals surface area contributed by atoms with Crippen molar-refractivity contribution >= 4 is 5.91 Å². The summed E-state index contributed by atoms with van der Waals surface area (Å²) in [6, 6.07) is 7.50. The van der Waals surface area contributed by atoms with Crippen LogP contribution >= 0.6 is 0 Å². The number of rotatable bonds is 6. The van der Waals surface area contributed by atoms with Crippen molar-refractivity contribution in [2.24, 2.45) is 0 Å². The van der Waals surface area contributed by atoms with E-state index in [-0.39, 0.29) is 30.9 Å². The monoisotopic (exact) mass is 393 g/mol. The van der Waals surface area contributed by atoms with Crippen molar-refractivity contribution in [1.29, 1.82) is 0 Å². The van der Waals surface area contributed by atoms with Gasteiger partial charge in [-0.2, -0.15) is 13.2 Å². The second kappa shape index (κ2) is 9.03. The van der Waals surface area contributed by atoms with Crippen molar-refractivity contribution in [3.8, 4) is 5.88 Å². The van der Waals surface area contributed by atoms with Crippen LogP contribution in [0.2, 0.25) is 0 Å². The molecule has 2 heterocycles. The van der Waals surface area contributed by atoms with Crippen LogP contribution in [0.25, 0.3) is 0 Å². The van der Waals surface area contributed by atoms with E-state index in [0.29, 0.717) is 11.3 Å². The van der Waals surface area contributed by atoms with Crippen LogP contribution in [0.1, 0.15) is 49.1 Å². The molecule has 1 aliphatic carbocycles. The number of hydrogen-bond donors (Lipinski definition) is 1. The summed E-state index contributed by atoms with van der Waals surface area (Å²) in [7, 11) is 0. The summed E-state index contributed by atoms with van der Waals surface area (Å²) < 4.78 is 44.9. The van der Waals surface area contributed by atoms with Crippen molar-refractivity contribution in [2.75, 3.05) is 0 Å². The van der Waals surface area contributed by atoms with Crippen LogP contribution < -0.4 is 10.1 Å². The molecule has 28 heavy (non-hydrogen) atoms. The van der Waals surface area contributed by atoms with Crippen LogP contribution in [0.15, 0.2) is 36.5 Å². The topological polar surface area (TPSA) is 64.1 Å². The normalized spacial score (nSPS) is 15.2. The second-order valence-corrected chi connectivity index (χ2v) is 6.81. The van der Waals surface area contributed by atoms with Gasteiger partial charge in [0, 0.05) is 24.0 Å². The Morgan fingerprint density at radius 1 is 1.14 bits per heavy atom. The zero-order chi connectivity index (χ0) is 20.0. The fourth-order valence-corrected chi connectivity index (χ4v) is 3.13. The molecule has 1 fully saturated rings. The number of halogens is 3. The number of pyridine rings is 2. The van der Waals surface area contributed by atoms with E-state index in [4.69, 9.17) is 4.74 Å². The highest BCUT2D eigenvalue weighted by atomic mass is 19.4. The van der Waals surface area contributed by atoms with Gasteiger partial charge in [-0.25, -0.2) is 4.98 Å². The summed E-state index contributed by atoms with van der Waals surface area (Å²) in [5, 5.41) is 2.70. The molecule has 1 amide bonds. The Balaban J connectivity index is 1.70. The standard InChI is InChI=1S/C20H22F3N3O2/c21-20(22,23)17-10-9-14(19(26-17)28-16-7-2-1-3-8-16)13-25-18(27)12-15-6-4-5-11-24-15/h4-6,9-11,16H,1-3,7-8,12-13H2,(H,25,27). The molecule has 0 aliphatic heterocycles. The van der Waals surface area contributed by atoms with E-state index in [1.807, 2.05) is 0 Å². The van der Waals surface area contributed by atoms with E-state index in [2.05, 4.69) is 15.3 Å². The average molecular weight is 393 g/mol. The molecule has 1 aliphatic rings. The summed E-state index contributed by atoms with van der Waals surface area (Å²) >= 11 is 0. The zero-order valence-corrected chi connectivity index (χ0v) is 15.3. The molecule has 0 saturated heterocycles. The van der Waals surface area contributed by atoms with Gasteiger partial charge >= 0.3 is 6.18 Å². The summed E-state index contributed by atoms with van der Waals surface area (Å²) in [6.07, 6.45) is 1.66. The Labute approximate surface area is 161 Å². The predicted molar refractivity (Wildman–Crippen MR) is 96.5 cm³/mol. The highest BCUT2D eigenvalue weighted by molar-refractivity contribution is 5.78. The van der Waals surface area contributed by atoms with Gasteiger partial charge < -0.3 is 10.1 Å². The van der Waals surface area contributed by atoms with E-state index < -0.39 is 11.9 Å². The maximum atomic E-state index is 13.0. The third-order valence-electron chi connectivity index (χ3n) is 4.60. The second-order valence-electron chi connectivity index (χ2n) is 6.81. The zero-order valence-electron chi connectivity index (χ0n) is 15.3. The summed E-state index contributed by atoms with van der Waals surface area (Å²) in [4.78, 5) is 19.9. The first-order chi connectivity index (χ1) is 13.4. The molecule has 2 aromatic rings. The predicted octanol–water partition coefficient (Wildman–Crippen LogP) is 4.07. The van der Waals surface area contributed by atoms with Gasteiger partial charge in [0.05, 0.1) is 6.42 Å². The maximum Gasteiger partial charge on any atom is 0.433 e. The number of ether oxygens (including phenoxy) is 1. The molecule has 0 spiro atoms. The third kappa shape index (κ3) is 5.68. The minimum absolute atomic E-state index is 0.0405.